The number of carbonyl (C=O) groups is 3. The Morgan fingerprint density at radius 1 is 1.00 bits per heavy atom. The molecular formula is C19H17NO4. The van der Waals surface area contributed by atoms with Crippen LogP contribution in [-0.2, 0) is 16.1 Å². The number of aryl methyl sites for hydroxylation is 1. The SMILES string of the molecule is Cc1ccc(CC(C)C(=O)ON2C(=O)c3ccccc3C2=O)cc1. The van der Waals surface area contributed by atoms with Gasteiger partial charge in [0.05, 0.1) is 17.0 Å². The van der Waals surface area contributed by atoms with Crippen LogP contribution in [0, 0.1) is 12.8 Å². The number of hydrogen-bond donors (Lipinski definition) is 0. The molecule has 0 aromatic heterocycles. The van der Waals surface area contributed by atoms with Crippen LogP contribution in [0.5, 0.6) is 0 Å². The Morgan fingerprint density at radius 3 is 2.08 bits per heavy atom. The van der Waals surface area contributed by atoms with E-state index in [0.29, 0.717) is 11.5 Å². The average Bonchev–Trinajstić information content (AvgIpc) is 2.82. The van der Waals surface area contributed by atoms with Crippen molar-refractivity contribution in [3.8, 4) is 0 Å². The van der Waals surface area contributed by atoms with Gasteiger partial charge in [-0.05, 0) is 31.0 Å². The maximum absolute atomic E-state index is 12.2. The number of hydroxylamine groups is 2. The van der Waals surface area contributed by atoms with Crippen molar-refractivity contribution < 1.29 is 19.2 Å². The van der Waals surface area contributed by atoms with Gasteiger partial charge in [-0.25, -0.2) is 4.79 Å². The van der Waals surface area contributed by atoms with Gasteiger partial charge in [0.1, 0.15) is 0 Å². The van der Waals surface area contributed by atoms with E-state index in [2.05, 4.69) is 0 Å². The molecule has 24 heavy (non-hydrogen) atoms. The predicted molar refractivity (Wildman–Crippen MR) is 87.1 cm³/mol. The van der Waals surface area contributed by atoms with Crippen molar-refractivity contribution in [3.05, 3.63) is 70.8 Å². The summed E-state index contributed by atoms with van der Waals surface area (Å²) in [6.07, 6.45) is 0.474. The molecule has 2 aromatic rings. The molecule has 0 N–H and O–H groups in total. The molecular weight excluding hydrogens is 306 g/mol. The van der Waals surface area contributed by atoms with Crippen LogP contribution in [0.1, 0.15) is 38.8 Å². The normalized spacial score (nSPS) is 14.5. The van der Waals surface area contributed by atoms with E-state index in [9.17, 15) is 14.4 Å². The molecule has 0 saturated carbocycles. The molecule has 1 atom stereocenters. The van der Waals surface area contributed by atoms with Gasteiger partial charge in [0, 0.05) is 0 Å². The van der Waals surface area contributed by atoms with E-state index in [1.165, 1.54) is 0 Å². The largest absolute Gasteiger partial charge is 0.336 e. The molecule has 0 bridgehead atoms. The minimum atomic E-state index is -0.606. The number of rotatable bonds is 4. The van der Waals surface area contributed by atoms with Crippen molar-refractivity contribution in [2.45, 2.75) is 20.3 Å². The molecule has 2 aromatic carbocycles. The second kappa shape index (κ2) is 6.28. The number of benzene rings is 2. The van der Waals surface area contributed by atoms with E-state index in [4.69, 9.17) is 4.84 Å². The molecule has 2 amide bonds. The van der Waals surface area contributed by atoms with Crippen molar-refractivity contribution in [1.82, 2.24) is 5.06 Å². The van der Waals surface area contributed by atoms with E-state index >= 15 is 0 Å². The third kappa shape index (κ3) is 2.93. The molecule has 1 unspecified atom stereocenters. The topological polar surface area (TPSA) is 63.7 Å². The maximum atomic E-state index is 12.2. The zero-order valence-corrected chi connectivity index (χ0v) is 13.5. The number of imide groups is 1. The summed E-state index contributed by atoms with van der Waals surface area (Å²) in [6, 6.07) is 14.2. The van der Waals surface area contributed by atoms with E-state index in [0.717, 1.165) is 11.1 Å². The summed E-state index contributed by atoms with van der Waals surface area (Å²) in [7, 11) is 0. The Hall–Kier alpha value is -2.95. The molecule has 0 spiro atoms. The number of amides is 2. The van der Waals surface area contributed by atoms with Crippen LogP contribution in [0.4, 0.5) is 0 Å². The highest BCUT2D eigenvalue weighted by molar-refractivity contribution is 6.20. The number of carbonyl (C=O) groups excluding carboxylic acids is 3. The second-order valence-corrected chi connectivity index (χ2v) is 5.95. The van der Waals surface area contributed by atoms with Crippen LogP contribution >= 0.6 is 0 Å². The van der Waals surface area contributed by atoms with Crippen molar-refractivity contribution in [3.63, 3.8) is 0 Å². The van der Waals surface area contributed by atoms with Gasteiger partial charge in [0.2, 0.25) is 0 Å². The fourth-order valence-electron chi connectivity index (χ4n) is 2.59. The zero-order chi connectivity index (χ0) is 17.3. The monoisotopic (exact) mass is 323 g/mol. The van der Waals surface area contributed by atoms with Crippen molar-refractivity contribution in [2.75, 3.05) is 0 Å². The summed E-state index contributed by atoms with van der Waals surface area (Å²) in [5.41, 5.74) is 2.63. The molecule has 3 rings (SSSR count). The fourth-order valence-corrected chi connectivity index (χ4v) is 2.59. The van der Waals surface area contributed by atoms with Gasteiger partial charge in [0.25, 0.3) is 11.8 Å². The minimum absolute atomic E-state index is 0.251. The summed E-state index contributed by atoms with van der Waals surface area (Å²) in [5.74, 6) is -2.29. The Kier molecular flexibility index (Phi) is 4.16. The van der Waals surface area contributed by atoms with Gasteiger partial charge in [-0.2, -0.15) is 0 Å². The van der Waals surface area contributed by atoms with Crippen molar-refractivity contribution in [2.24, 2.45) is 5.92 Å². The molecule has 1 aliphatic heterocycles. The first kappa shape index (κ1) is 15.9. The quantitative estimate of drug-likeness (QED) is 0.812. The number of hydrogen-bond acceptors (Lipinski definition) is 4. The summed E-state index contributed by atoms with van der Waals surface area (Å²) in [4.78, 5) is 41.7. The molecule has 5 nitrogen and oxygen atoms in total. The summed E-state index contributed by atoms with van der Waals surface area (Å²) >= 11 is 0. The summed E-state index contributed by atoms with van der Waals surface area (Å²) < 4.78 is 0. The highest BCUT2D eigenvalue weighted by atomic mass is 16.7. The molecule has 1 heterocycles. The summed E-state index contributed by atoms with van der Waals surface area (Å²) in [6.45, 7) is 3.70. The Morgan fingerprint density at radius 2 is 1.54 bits per heavy atom. The standard InChI is InChI=1S/C19H17NO4/c1-12-7-9-14(10-8-12)11-13(2)19(23)24-20-17(21)15-5-3-4-6-16(15)18(20)22/h3-10,13H,11H2,1-2H3. The van der Waals surface area contributed by atoms with E-state index in [1.54, 1.807) is 31.2 Å². The molecule has 122 valence electrons. The highest BCUT2D eigenvalue weighted by Crippen LogP contribution is 2.23. The molecule has 0 fully saturated rings. The van der Waals surface area contributed by atoms with Gasteiger partial charge in [-0.3, -0.25) is 9.59 Å². The third-order valence-electron chi connectivity index (χ3n) is 4.00. The predicted octanol–water partition coefficient (Wildman–Crippen LogP) is 2.93. The van der Waals surface area contributed by atoms with Gasteiger partial charge >= 0.3 is 5.97 Å². The third-order valence-corrected chi connectivity index (χ3v) is 4.00. The molecule has 1 aliphatic rings. The van der Waals surface area contributed by atoms with Crippen LogP contribution in [0.3, 0.4) is 0 Å². The molecule has 0 aliphatic carbocycles. The lowest BCUT2D eigenvalue weighted by molar-refractivity contribution is -0.173. The van der Waals surface area contributed by atoms with E-state index in [-0.39, 0.29) is 11.1 Å². The van der Waals surface area contributed by atoms with Gasteiger partial charge < -0.3 is 4.84 Å². The Balaban J connectivity index is 1.68. The van der Waals surface area contributed by atoms with Crippen LogP contribution in [0.15, 0.2) is 48.5 Å². The first-order valence-corrected chi connectivity index (χ1v) is 7.72. The van der Waals surface area contributed by atoms with Crippen LogP contribution in [0.25, 0.3) is 0 Å². The van der Waals surface area contributed by atoms with E-state index in [1.807, 2.05) is 31.2 Å². The lowest BCUT2D eigenvalue weighted by Crippen LogP contribution is -2.35. The maximum Gasteiger partial charge on any atom is 0.336 e. The summed E-state index contributed by atoms with van der Waals surface area (Å²) in [5, 5.41) is 0.554. The van der Waals surface area contributed by atoms with Crippen molar-refractivity contribution >= 4 is 17.8 Å². The fraction of sp³-hybridized carbons (Fsp3) is 0.211. The smallest absolute Gasteiger partial charge is 0.329 e. The minimum Gasteiger partial charge on any atom is -0.329 e. The molecule has 5 heteroatoms. The molecule has 0 radical (unpaired) electrons. The van der Waals surface area contributed by atoms with Gasteiger partial charge in [0.15, 0.2) is 0 Å². The van der Waals surface area contributed by atoms with Crippen molar-refractivity contribution in [1.29, 1.82) is 0 Å². The Bertz CT molecular complexity index is 775. The number of nitrogens with zero attached hydrogens (tertiary/aromatic N) is 1. The second-order valence-electron chi connectivity index (χ2n) is 5.95. The van der Waals surface area contributed by atoms with Crippen LogP contribution in [0.2, 0.25) is 0 Å². The lowest BCUT2D eigenvalue weighted by atomic mass is 10.0. The molecule has 0 saturated heterocycles. The average molecular weight is 323 g/mol. The number of fused-ring (bicyclic) bond motifs is 1. The zero-order valence-electron chi connectivity index (χ0n) is 13.5. The highest BCUT2D eigenvalue weighted by Gasteiger charge is 2.39. The Labute approximate surface area is 139 Å². The van der Waals surface area contributed by atoms with Gasteiger partial charge in [-0.1, -0.05) is 53.9 Å². The lowest BCUT2D eigenvalue weighted by Gasteiger charge is -2.16. The van der Waals surface area contributed by atoms with Crippen LogP contribution < -0.4 is 0 Å². The van der Waals surface area contributed by atoms with Crippen LogP contribution in [-0.4, -0.2) is 22.8 Å². The van der Waals surface area contributed by atoms with Gasteiger partial charge in [-0.15, -0.1) is 0 Å². The first-order chi connectivity index (χ1) is 11.5. The van der Waals surface area contributed by atoms with E-state index < -0.39 is 23.7 Å². The first-order valence-electron chi connectivity index (χ1n) is 7.72.